The molecule has 0 aliphatic carbocycles. The highest BCUT2D eigenvalue weighted by atomic mass is 32.2. The SMILES string of the molecule is CCN(CC)S(=O)(=O)NCC(c1ccco1)N1CCCCC1. The van der Waals surface area contributed by atoms with E-state index in [1.807, 2.05) is 26.0 Å². The second-order valence-corrected chi connectivity index (χ2v) is 7.32. The van der Waals surface area contributed by atoms with Crippen LogP contribution in [0.5, 0.6) is 0 Å². The number of nitrogens with zero attached hydrogens (tertiary/aromatic N) is 2. The summed E-state index contributed by atoms with van der Waals surface area (Å²) >= 11 is 0. The largest absolute Gasteiger partial charge is 0.468 e. The van der Waals surface area contributed by atoms with Crippen LogP contribution in [-0.4, -0.2) is 50.3 Å². The van der Waals surface area contributed by atoms with Crippen LogP contribution in [0.3, 0.4) is 0 Å². The van der Waals surface area contributed by atoms with E-state index in [1.165, 1.54) is 10.7 Å². The van der Waals surface area contributed by atoms with E-state index in [0.717, 1.165) is 31.7 Å². The van der Waals surface area contributed by atoms with Gasteiger partial charge < -0.3 is 4.42 Å². The Morgan fingerprint density at radius 1 is 1.27 bits per heavy atom. The van der Waals surface area contributed by atoms with Crippen molar-refractivity contribution in [1.29, 1.82) is 0 Å². The van der Waals surface area contributed by atoms with Gasteiger partial charge in [0.05, 0.1) is 12.3 Å². The van der Waals surface area contributed by atoms with Crippen molar-refractivity contribution in [2.45, 2.75) is 39.2 Å². The Morgan fingerprint density at radius 3 is 2.50 bits per heavy atom. The minimum Gasteiger partial charge on any atom is -0.468 e. The third kappa shape index (κ3) is 4.32. The predicted octanol–water partition coefficient (Wildman–Crippen LogP) is 1.98. The molecule has 1 atom stereocenters. The first-order valence-corrected chi connectivity index (χ1v) is 9.54. The van der Waals surface area contributed by atoms with Crippen molar-refractivity contribution in [3.63, 3.8) is 0 Å². The highest BCUT2D eigenvalue weighted by Crippen LogP contribution is 2.24. The van der Waals surface area contributed by atoms with E-state index in [9.17, 15) is 8.42 Å². The van der Waals surface area contributed by atoms with Crippen LogP contribution in [0.4, 0.5) is 0 Å². The van der Waals surface area contributed by atoms with Gasteiger partial charge in [0.1, 0.15) is 5.76 Å². The van der Waals surface area contributed by atoms with Crippen LogP contribution < -0.4 is 4.72 Å². The maximum Gasteiger partial charge on any atom is 0.279 e. The number of nitrogens with one attached hydrogen (secondary N) is 1. The number of hydrogen-bond acceptors (Lipinski definition) is 4. The van der Waals surface area contributed by atoms with Crippen molar-refractivity contribution < 1.29 is 12.8 Å². The smallest absolute Gasteiger partial charge is 0.279 e. The molecule has 0 bridgehead atoms. The molecular weight excluding hydrogens is 302 g/mol. The van der Waals surface area contributed by atoms with Crippen LogP contribution in [0.1, 0.15) is 44.9 Å². The average molecular weight is 329 g/mol. The zero-order valence-electron chi connectivity index (χ0n) is 13.5. The molecule has 1 aromatic rings. The Morgan fingerprint density at radius 2 is 1.95 bits per heavy atom. The van der Waals surface area contributed by atoms with Crippen molar-refractivity contribution >= 4 is 10.2 Å². The number of hydrogen-bond donors (Lipinski definition) is 1. The van der Waals surface area contributed by atoms with E-state index in [4.69, 9.17) is 4.42 Å². The lowest BCUT2D eigenvalue weighted by atomic mass is 10.1. The zero-order valence-corrected chi connectivity index (χ0v) is 14.3. The van der Waals surface area contributed by atoms with E-state index in [0.29, 0.717) is 19.6 Å². The summed E-state index contributed by atoms with van der Waals surface area (Å²) in [6.45, 7) is 6.94. The van der Waals surface area contributed by atoms with E-state index in [-0.39, 0.29) is 6.04 Å². The van der Waals surface area contributed by atoms with Gasteiger partial charge in [-0.1, -0.05) is 20.3 Å². The molecule has 0 aromatic carbocycles. The Kier molecular flexibility index (Phi) is 6.43. The monoisotopic (exact) mass is 329 g/mol. The number of rotatable bonds is 8. The minimum atomic E-state index is -3.43. The van der Waals surface area contributed by atoms with Crippen molar-refractivity contribution in [2.24, 2.45) is 0 Å². The number of likely N-dealkylation sites (tertiary alicyclic amines) is 1. The highest BCUT2D eigenvalue weighted by molar-refractivity contribution is 7.87. The van der Waals surface area contributed by atoms with E-state index in [1.54, 1.807) is 6.26 Å². The first kappa shape index (κ1) is 17.5. The molecule has 6 nitrogen and oxygen atoms in total. The van der Waals surface area contributed by atoms with Gasteiger partial charge in [0.15, 0.2) is 0 Å². The molecule has 0 radical (unpaired) electrons. The van der Waals surface area contributed by atoms with Gasteiger partial charge in [0.25, 0.3) is 10.2 Å². The molecular formula is C15H27N3O3S. The molecule has 1 aliphatic rings. The van der Waals surface area contributed by atoms with Gasteiger partial charge in [-0.15, -0.1) is 0 Å². The molecule has 1 fully saturated rings. The lowest BCUT2D eigenvalue weighted by Crippen LogP contribution is -2.45. The second-order valence-electron chi connectivity index (χ2n) is 5.57. The molecule has 2 rings (SSSR count). The molecule has 7 heteroatoms. The third-order valence-electron chi connectivity index (χ3n) is 4.21. The van der Waals surface area contributed by atoms with Crippen molar-refractivity contribution in [3.05, 3.63) is 24.2 Å². The van der Waals surface area contributed by atoms with Crippen molar-refractivity contribution in [1.82, 2.24) is 13.9 Å². The summed E-state index contributed by atoms with van der Waals surface area (Å²) in [6, 6.07) is 3.73. The average Bonchev–Trinajstić information content (AvgIpc) is 3.03. The quantitative estimate of drug-likeness (QED) is 0.792. The van der Waals surface area contributed by atoms with E-state index in [2.05, 4.69) is 9.62 Å². The Bertz CT molecular complexity index is 520. The minimum absolute atomic E-state index is 0.0411. The summed E-state index contributed by atoms with van der Waals surface area (Å²) in [5, 5.41) is 0. The molecule has 1 unspecified atom stereocenters. The number of piperidine rings is 1. The predicted molar refractivity (Wildman–Crippen MR) is 86.7 cm³/mol. The van der Waals surface area contributed by atoms with Gasteiger partial charge in [0, 0.05) is 19.6 Å². The van der Waals surface area contributed by atoms with Crippen LogP contribution in [0.2, 0.25) is 0 Å². The fraction of sp³-hybridized carbons (Fsp3) is 0.733. The molecule has 2 heterocycles. The first-order chi connectivity index (χ1) is 10.6. The van der Waals surface area contributed by atoms with Crippen LogP contribution in [0.15, 0.2) is 22.8 Å². The Hall–Kier alpha value is -0.890. The lowest BCUT2D eigenvalue weighted by Gasteiger charge is -2.33. The standard InChI is InChI=1S/C15H27N3O3S/c1-3-18(4-2)22(19,20)16-13-14(15-9-8-12-21-15)17-10-6-5-7-11-17/h8-9,12,14,16H,3-7,10-11,13H2,1-2H3. The molecule has 1 aliphatic heterocycles. The van der Waals surface area contributed by atoms with Gasteiger partial charge in [-0.3, -0.25) is 4.90 Å². The molecule has 0 saturated carbocycles. The fourth-order valence-corrected chi connectivity index (χ4v) is 4.19. The normalized spacial score (nSPS) is 18.7. The van der Waals surface area contributed by atoms with Crippen LogP contribution in [0.25, 0.3) is 0 Å². The van der Waals surface area contributed by atoms with Crippen LogP contribution in [-0.2, 0) is 10.2 Å². The van der Waals surface area contributed by atoms with Gasteiger partial charge >= 0.3 is 0 Å². The zero-order chi connectivity index (χ0) is 16.0. The molecule has 22 heavy (non-hydrogen) atoms. The Balaban J connectivity index is 2.07. The maximum absolute atomic E-state index is 12.3. The molecule has 126 valence electrons. The van der Waals surface area contributed by atoms with E-state index < -0.39 is 10.2 Å². The lowest BCUT2D eigenvalue weighted by molar-refractivity contribution is 0.146. The molecule has 1 saturated heterocycles. The molecule has 1 aromatic heterocycles. The highest BCUT2D eigenvalue weighted by Gasteiger charge is 2.27. The van der Waals surface area contributed by atoms with Crippen molar-refractivity contribution in [3.8, 4) is 0 Å². The summed E-state index contributed by atoms with van der Waals surface area (Å²) in [5.74, 6) is 0.823. The summed E-state index contributed by atoms with van der Waals surface area (Å²) in [7, 11) is -3.43. The Labute approximate surface area is 133 Å². The van der Waals surface area contributed by atoms with Gasteiger partial charge in [-0.2, -0.15) is 12.7 Å². The molecule has 0 amide bonds. The van der Waals surface area contributed by atoms with Crippen molar-refractivity contribution in [2.75, 3.05) is 32.7 Å². The summed E-state index contributed by atoms with van der Waals surface area (Å²) in [4.78, 5) is 2.31. The first-order valence-electron chi connectivity index (χ1n) is 8.10. The van der Waals surface area contributed by atoms with Gasteiger partial charge in [-0.25, -0.2) is 4.72 Å². The van der Waals surface area contributed by atoms with Crippen LogP contribution >= 0.6 is 0 Å². The van der Waals surface area contributed by atoms with E-state index >= 15 is 0 Å². The fourth-order valence-electron chi connectivity index (χ4n) is 2.96. The maximum atomic E-state index is 12.3. The topological polar surface area (TPSA) is 65.8 Å². The van der Waals surface area contributed by atoms with Gasteiger partial charge in [-0.05, 0) is 38.1 Å². The number of furan rings is 1. The molecule has 0 spiro atoms. The summed E-state index contributed by atoms with van der Waals surface area (Å²) in [6.07, 6.45) is 5.19. The van der Waals surface area contributed by atoms with Gasteiger partial charge in [0.2, 0.25) is 0 Å². The molecule has 1 N–H and O–H groups in total. The third-order valence-corrected chi connectivity index (χ3v) is 5.94. The second kappa shape index (κ2) is 8.10. The summed E-state index contributed by atoms with van der Waals surface area (Å²) < 4.78 is 34.3. The van der Waals surface area contributed by atoms with Crippen LogP contribution in [0, 0.1) is 0 Å². The summed E-state index contributed by atoms with van der Waals surface area (Å²) in [5.41, 5.74) is 0.